The van der Waals surface area contributed by atoms with Crippen molar-refractivity contribution in [3.8, 4) is 34.0 Å². The average Bonchev–Trinajstić information content (AvgIpc) is 2.84. The molecule has 0 fully saturated rings. The first-order chi connectivity index (χ1) is 16.5. The first-order valence-corrected chi connectivity index (χ1v) is 10.3. The quantitative estimate of drug-likeness (QED) is 0.160. The lowest BCUT2D eigenvalue weighted by Crippen LogP contribution is -2.10. The minimum Gasteiger partial charge on any atom is -0.505 e. The molecule has 0 aliphatic heterocycles. The molecule has 0 aliphatic carbocycles. The van der Waals surface area contributed by atoms with E-state index in [1.165, 1.54) is 24.5 Å². The van der Waals surface area contributed by atoms with Crippen LogP contribution in [0.25, 0.3) is 44.1 Å². The molecule has 0 saturated carbocycles. The van der Waals surface area contributed by atoms with Crippen molar-refractivity contribution in [3.05, 3.63) is 85.2 Å². The number of aromatic nitrogens is 2. The van der Waals surface area contributed by atoms with Crippen LogP contribution in [-0.4, -0.2) is 24.9 Å². The normalized spacial score (nSPS) is 10.9. The van der Waals surface area contributed by atoms with Crippen LogP contribution in [0, 0.1) is 0 Å². The van der Waals surface area contributed by atoms with E-state index < -0.39 is 14.9 Å². The Bertz CT molecular complexity index is 1360. The first kappa shape index (κ1) is 21.8. The zero-order chi connectivity index (χ0) is 23.7. The Kier molecular flexibility index (Phi) is 5.79. The summed E-state index contributed by atoms with van der Waals surface area (Å²) in [6, 6.07) is 20.0. The number of hydrogen-bond acceptors (Lipinski definition) is 4. The van der Waals surface area contributed by atoms with Crippen LogP contribution in [0.5, 0.6) is 11.5 Å². The van der Waals surface area contributed by atoms with E-state index in [1.54, 1.807) is 48.5 Å². The Morgan fingerprint density at radius 2 is 0.941 bits per heavy atom. The van der Waals surface area contributed by atoms with Gasteiger partial charge in [0.2, 0.25) is 0 Å². The van der Waals surface area contributed by atoms with Gasteiger partial charge in [-0.2, -0.15) is 0 Å². The van der Waals surface area contributed by atoms with Crippen molar-refractivity contribution >= 4 is 36.5 Å². The molecule has 0 aliphatic rings. The fourth-order valence-electron chi connectivity index (χ4n) is 4.11. The Morgan fingerprint density at radius 1 is 0.529 bits per heavy atom. The lowest BCUT2D eigenvalue weighted by Gasteiger charge is -2.18. The van der Waals surface area contributed by atoms with Gasteiger partial charge in [-0.05, 0) is 47.2 Å². The van der Waals surface area contributed by atoms with E-state index in [4.69, 9.17) is 9.31 Å². The van der Waals surface area contributed by atoms with Gasteiger partial charge >= 0.3 is 14.9 Å². The molecule has 0 amide bonds. The maximum atomic E-state index is 13.3. The third kappa shape index (κ3) is 4.03. The van der Waals surface area contributed by atoms with Crippen LogP contribution >= 0.6 is 0 Å². The molecule has 0 N–H and O–H groups in total. The molecular weight excluding hydrogens is 446 g/mol. The van der Waals surface area contributed by atoms with Crippen molar-refractivity contribution in [2.45, 2.75) is 0 Å². The van der Waals surface area contributed by atoms with Crippen molar-refractivity contribution in [2.24, 2.45) is 0 Å². The van der Waals surface area contributed by atoms with E-state index in [1.807, 2.05) is 12.1 Å². The molecule has 10 heteroatoms. The van der Waals surface area contributed by atoms with Gasteiger partial charge in [0.25, 0.3) is 0 Å². The second-order valence-electron chi connectivity index (χ2n) is 7.33. The van der Waals surface area contributed by atoms with Crippen molar-refractivity contribution < 1.29 is 26.6 Å². The molecular formula is C24H14B2F4N2O2. The smallest absolute Gasteiger partial charge is 0.505 e. The van der Waals surface area contributed by atoms with Crippen LogP contribution in [-0.2, 0) is 0 Å². The number of pyridine rings is 2. The topological polar surface area (TPSA) is 44.2 Å². The molecule has 3 aromatic carbocycles. The highest BCUT2D eigenvalue weighted by molar-refractivity contribution is 6.36. The summed E-state index contributed by atoms with van der Waals surface area (Å²) in [7, 11) is -6.13. The first-order valence-electron chi connectivity index (χ1n) is 10.3. The number of halogens is 4. The van der Waals surface area contributed by atoms with Gasteiger partial charge in [-0.15, -0.1) is 0 Å². The zero-order valence-electron chi connectivity index (χ0n) is 17.5. The number of nitrogens with zero attached hydrogens (tertiary/aromatic N) is 2. The predicted octanol–water partition coefficient (Wildman–Crippen LogP) is 6.72. The Hall–Kier alpha value is -4.07. The summed E-state index contributed by atoms with van der Waals surface area (Å²) in [5.74, 6) is -0.165. The minimum atomic E-state index is -3.07. The van der Waals surface area contributed by atoms with Gasteiger partial charge < -0.3 is 9.31 Å². The van der Waals surface area contributed by atoms with Crippen LogP contribution in [0.15, 0.2) is 85.2 Å². The largest absolute Gasteiger partial charge is 0.796 e. The molecule has 4 nitrogen and oxygen atoms in total. The van der Waals surface area contributed by atoms with Crippen molar-refractivity contribution in [2.75, 3.05) is 0 Å². The van der Waals surface area contributed by atoms with Gasteiger partial charge in [-0.1, -0.05) is 36.4 Å². The van der Waals surface area contributed by atoms with Crippen LogP contribution in [0.2, 0.25) is 0 Å². The molecule has 0 unspecified atom stereocenters. The van der Waals surface area contributed by atoms with E-state index in [2.05, 4.69) is 9.97 Å². The standard InChI is InChI=1S/C24H14B2F4N2O2/c27-25(28)33-19-11-9-15-7-8-16-10-12-20(34-26(29)30)24(18-6-2-4-14-32-18)22(16)21(15)23(19)17-5-1-3-13-31-17/h1-14H. The van der Waals surface area contributed by atoms with Crippen LogP contribution in [0.4, 0.5) is 17.3 Å². The summed E-state index contributed by atoms with van der Waals surface area (Å²) in [6.45, 7) is 0. The number of benzene rings is 3. The van der Waals surface area contributed by atoms with Crippen molar-refractivity contribution in [1.29, 1.82) is 0 Å². The van der Waals surface area contributed by atoms with Crippen molar-refractivity contribution in [1.82, 2.24) is 9.97 Å². The number of rotatable bonds is 6. The molecule has 34 heavy (non-hydrogen) atoms. The van der Waals surface area contributed by atoms with Crippen molar-refractivity contribution in [3.63, 3.8) is 0 Å². The fraction of sp³-hybridized carbons (Fsp3) is 0. The molecule has 0 atom stereocenters. The summed E-state index contributed by atoms with van der Waals surface area (Å²) < 4.78 is 63.0. The monoisotopic (exact) mass is 460 g/mol. The average molecular weight is 460 g/mol. The maximum Gasteiger partial charge on any atom is 0.796 e. The van der Waals surface area contributed by atoms with E-state index >= 15 is 0 Å². The van der Waals surface area contributed by atoms with Crippen LogP contribution in [0.3, 0.4) is 0 Å². The SMILES string of the molecule is FB(F)Oc1ccc2ccc3ccc(OB(F)F)c(-c4ccccn4)c3c2c1-c1ccccn1. The Labute approximate surface area is 192 Å². The molecule has 2 aromatic heterocycles. The molecule has 0 bridgehead atoms. The molecule has 2 heterocycles. The highest BCUT2D eigenvalue weighted by Gasteiger charge is 2.26. The highest BCUT2D eigenvalue weighted by atomic mass is 19.2. The third-order valence-electron chi connectivity index (χ3n) is 5.37. The third-order valence-corrected chi connectivity index (χ3v) is 5.37. The van der Waals surface area contributed by atoms with Gasteiger partial charge in [0.15, 0.2) is 0 Å². The van der Waals surface area contributed by atoms with Crippen LogP contribution in [0.1, 0.15) is 0 Å². The Balaban J connectivity index is 1.99. The number of fused-ring (bicyclic) bond motifs is 3. The van der Waals surface area contributed by atoms with E-state index in [9.17, 15) is 17.3 Å². The van der Waals surface area contributed by atoms with E-state index in [0.717, 1.165) is 0 Å². The second-order valence-corrected chi connectivity index (χ2v) is 7.33. The minimum absolute atomic E-state index is 0.0825. The summed E-state index contributed by atoms with van der Waals surface area (Å²) in [5.41, 5.74) is 1.41. The summed E-state index contributed by atoms with van der Waals surface area (Å²) in [6.07, 6.45) is 3.08. The van der Waals surface area contributed by atoms with Gasteiger partial charge in [-0.25, -0.2) is 17.3 Å². The van der Waals surface area contributed by atoms with Crippen LogP contribution < -0.4 is 9.31 Å². The Morgan fingerprint density at radius 3 is 1.29 bits per heavy atom. The van der Waals surface area contributed by atoms with Gasteiger partial charge in [-0.3, -0.25) is 9.97 Å². The van der Waals surface area contributed by atoms with Gasteiger partial charge in [0.05, 0.1) is 11.4 Å². The zero-order valence-corrected chi connectivity index (χ0v) is 17.5. The molecule has 166 valence electrons. The summed E-state index contributed by atoms with van der Waals surface area (Å²) >= 11 is 0. The van der Waals surface area contributed by atoms with E-state index in [0.29, 0.717) is 44.1 Å². The molecule has 0 radical (unpaired) electrons. The fourth-order valence-corrected chi connectivity index (χ4v) is 4.11. The van der Waals surface area contributed by atoms with E-state index in [-0.39, 0.29) is 11.5 Å². The lowest BCUT2D eigenvalue weighted by atomic mass is 9.90. The number of hydrogen-bond donors (Lipinski definition) is 0. The van der Waals surface area contributed by atoms with Gasteiger partial charge in [0.1, 0.15) is 11.5 Å². The predicted molar refractivity (Wildman–Crippen MR) is 125 cm³/mol. The summed E-state index contributed by atoms with van der Waals surface area (Å²) in [4.78, 5) is 8.71. The molecule has 5 rings (SSSR count). The molecule has 5 aromatic rings. The molecule has 0 saturated heterocycles. The lowest BCUT2D eigenvalue weighted by molar-refractivity contribution is 0.426. The summed E-state index contributed by atoms with van der Waals surface area (Å²) in [5, 5.41) is 2.38. The van der Waals surface area contributed by atoms with Gasteiger partial charge in [0, 0.05) is 34.3 Å². The highest BCUT2D eigenvalue weighted by Crippen LogP contribution is 2.46. The molecule has 0 spiro atoms. The maximum absolute atomic E-state index is 13.3. The second kappa shape index (κ2) is 9.05.